The van der Waals surface area contributed by atoms with E-state index in [1.165, 1.54) is 0 Å². The van der Waals surface area contributed by atoms with Gasteiger partial charge in [0.05, 0.1) is 5.56 Å². The van der Waals surface area contributed by atoms with E-state index in [9.17, 15) is 4.79 Å². The number of nitrogens with one attached hydrogen (secondary N) is 2. The van der Waals surface area contributed by atoms with Gasteiger partial charge in [-0.05, 0) is 43.3 Å². The SMILES string of the molecule is Cc1cc2cc(NC(=O)c3cn(C)nc3-c3cccnc3)ccc2[nH]1. The number of pyridine rings is 1. The van der Waals surface area contributed by atoms with Crippen molar-refractivity contribution in [3.05, 3.63) is 66.2 Å². The lowest BCUT2D eigenvalue weighted by molar-refractivity contribution is 0.102. The van der Waals surface area contributed by atoms with Gasteiger partial charge in [-0.3, -0.25) is 14.5 Å². The lowest BCUT2D eigenvalue weighted by atomic mass is 10.1. The van der Waals surface area contributed by atoms with Crippen LogP contribution in [0.15, 0.2) is 55.0 Å². The molecule has 0 bridgehead atoms. The van der Waals surface area contributed by atoms with Crippen molar-refractivity contribution in [1.82, 2.24) is 19.7 Å². The smallest absolute Gasteiger partial charge is 0.259 e. The lowest BCUT2D eigenvalue weighted by Gasteiger charge is -2.05. The summed E-state index contributed by atoms with van der Waals surface area (Å²) in [7, 11) is 1.80. The Morgan fingerprint density at radius 3 is 2.92 bits per heavy atom. The molecule has 1 amide bonds. The van der Waals surface area contributed by atoms with Gasteiger partial charge in [-0.25, -0.2) is 0 Å². The molecule has 25 heavy (non-hydrogen) atoms. The summed E-state index contributed by atoms with van der Waals surface area (Å²) in [5.74, 6) is -0.196. The van der Waals surface area contributed by atoms with E-state index >= 15 is 0 Å². The van der Waals surface area contributed by atoms with Crippen LogP contribution in [0.2, 0.25) is 0 Å². The average molecular weight is 331 g/mol. The minimum atomic E-state index is -0.196. The number of aromatic amines is 1. The zero-order chi connectivity index (χ0) is 17.4. The first-order valence-corrected chi connectivity index (χ1v) is 7.95. The normalized spacial score (nSPS) is 11.0. The number of benzene rings is 1. The van der Waals surface area contributed by atoms with Crippen molar-refractivity contribution in [3.63, 3.8) is 0 Å². The predicted molar refractivity (Wildman–Crippen MR) is 97.4 cm³/mol. The zero-order valence-electron chi connectivity index (χ0n) is 13.9. The van der Waals surface area contributed by atoms with Crippen LogP contribution in [0.25, 0.3) is 22.2 Å². The highest BCUT2D eigenvalue weighted by atomic mass is 16.1. The zero-order valence-corrected chi connectivity index (χ0v) is 13.9. The number of aryl methyl sites for hydroxylation is 2. The fraction of sp³-hybridized carbons (Fsp3) is 0.105. The number of hydrogen-bond donors (Lipinski definition) is 2. The molecule has 4 rings (SSSR count). The summed E-state index contributed by atoms with van der Waals surface area (Å²) in [5, 5.41) is 8.43. The first kappa shape index (κ1) is 15.1. The van der Waals surface area contributed by atoms with Crippen LogP contribution in [-0.4, -0.2) is 25.7 Å². The van der Waals surface area contributed by atoms with Gasteiger partial charge in [-0.1, -0.05) is 0 Å². The van der Waals surface area contributed by atoms with Gasteiger partial charge in [-0.2, -0.15) is 5.10 Å². The molecule has 6 nitrogen and oxygen atoms in total. The second-order valence-corrected chi connectivity index (χ2v) is 6.02. The van der Waals surface area contributed by atoms with Crippen LogP contribution in [0.5, 0.6) is 0 Å². The molecule has 0 saturated carbocycles. The molecule has 6 heteroatoms. The topological polar surface area (TPSA) is 75.6 Å². The summed E-state index contributed by atoms with van der Waals surface area (Å²) >= 11 is 0. The van der Waals surface area contributed by atoms with E-state index in [1.807, 2.05) is 37.3 Å². The van der Waals surface area contributed by atoms with Crippen LogP contribution < -0.4 is 5.32 Å². The molecule has 4 aromatic rings. The summed E-state index contributed by atoms with van der Waals surface area (Å²) in [6.45, 7) is 2.01. The van der Waals surface area contributed by atoms with Gasteiger partial charge in [-0.15, -0.1) is 0 Å². The molecule has 124 valence electrons. The van der Waals surface area contributed by atoms with Crippen LogP contribution in [0.1, 0.15) is 16.1 Å². The molecule has 3 heterocycles. The standard InChI is InChI=1S/C19H17N5O/c1-12-8-14-9-15(5-6-17(14)21-12)22-19(25)16-11-24(2)23-18(16)13-4-3-7-20-10-13/h3-11,21H,1-2H3,(H,22,25). The maximum absolute atomic E-state index is 12.8. The molecule has 0 atom stereocenters. The molecule has 2 N–H and O–H groups in total. The molecule has 0 fully saturated rings. The van der Waals surface area contributed by atoms with Crippen LogP contribution >= 0.6 is 0 Å². The Balaban J connectivity index is 1.66. The maximum Gasteiger partial charge on any atom is 0.259 e. The van der Waals surface area contributed by atoms with E-state index in [0.29, 0.717) is 11.3 Å². The van der Waals surface area contributed by atoms with Crippen molar-refractivity contribution in [1.29, 1.82) is 0 Å². The Morgan fingerprint density at radius 2 is 2.12 bits per heavy atom. The molecule has 3 aromatic heterocycles. The van der Waals surface area contributed by atoms with E-state index in [4.69, 9.17) is 0 Å². The Bertz CT molecular complexity index is 1060. The van der Waals surface area contributed by atoms with E-state index in [1.54, 1.807) is 30.3 Å². The van der Waals surface area contributed by atoms with Gasteiger partial charge in [0.25, 0.3) is 5.91 Å². The Kier molecular flexibility index (Phi) is 3.57. The molecule has 0 spiro atoms. The number of hydrogen-bond acceptors (Lipinski definition) is 3. The number of aromatic nitrogens is 4. The summed E-state index contributed by atoms with van der Waals surface area (Å²) in [6, 6.07) is 11.6. The third kappa shape index (κ3) is 2.89. The first-order chi connectivity index (χ1) is 12.1. The van der Waals surface area contributed by atoms with E-state index in [-0.39, 0.29) is 5.91 Å². The van der Waals surface area contributed by atoms with E-state index < -0.39 is 0 Å². The van der Waals surface area contributed by atoms with E-state index in [0.717, 1.165) is 27.8 Å². The monoisotopic (exact) mass is 331 g/mol. The number of fused-ring (bicyclic) bond motifs is 1. The molecule has 1 aromatic carbocycles. The molecule has 0 unspecified atom stereocenters. The van der Waals surface area contributed by atoms with Crippen molar-refractivity contribution >= 4 is 22.5 Å². The van der Waals surface area contributed by atoms with Crippen LogP contribution in [-0.2, 0) is 7.05 Å². The van der Waals surface area contributed by atoms with Crippen LogP contribution in [0, 0.1) is 6.92 Å². The summed E-state index contributed by atoms with van der Waals surface area (Å²) in [6.07, 6.45) is 5.12. The largest absolute Gasteiger partial charge is 0.359 e. The molecule has 0 radical (unpaired) electrons. The van der Waals surface area contributed by atoms with Crippen LogP contribution in [0.4, 0.5) is 5.69 Å². The number of H-pyrrole nitrogens is 1. The third-order valence-corrected chi connectivity index (χ3v) is 4.02. The van der Waals surface area contributed by atoms with Gasteiger partial charge in [0.15, 0.2) is 0 Å². The highest BCUT2D eigenvalue weighted by Crippen LogP contribution is 2.24. The Morgan fingerprint density at radius 1 is 1.24 bits per heavy atom. The van der Waals surface area contributed by atoms with Gasteiger partial charge in [0, 0.05) is 53.5 Å². The van der Waals surface area contributed by atoms with Gasteiger partial charge in [0.1, 0.15) is 5.69 Å². The minimum Gasteiger partial charge on any atom is -0.359 e. The fourth-order valence-electron chi connectivity index (χ4n) is 2.92. The molecule has 0 aliphatic heterocycles. The quantitative estimate of drug-likeness (QED) is 0.603. The van der Waals surface area contributed by atoms with Crippen molar-refractivity contribution in [2.75, 3.05) is 5.32 Å². The molecule has 0 saturated heterocycles. The number of rotatable bonds is 3. The number of carbonyl (C=O) groups is 1. The minimum absolute atomic E-state index is 0.196. The first-order valence-electron chi connectivity index (χ1n) is 7.95. The second-order valence-electron chi connectivity index (χ2n) is 6.02. The Hall–Kier alpha value is -3.41. The van der Waals surface area contributed by atoms with Gasteiger partial charge in [0.2, 0.25) is 0 Å². The fourth-order valence-corrected chi connectivity index (χ4v) is 2.92. The second kappa shape index (κ2) is 5.90. The van der Waals surface area contributed by atoms with Crippen molar-refractivity contribution in [2.24, 2.45) is 7.05 Å². The highest BCUT2D eigenvalue weighted by molar-refractivity contribution is 6.08. The highest BCUT2D eigenvalue weighted by Gasteiger charge is 2.17. The third-order valence-electron chi connectivity index (χ3n) is 4.02. The average Bonchev–Trinajstić information content (AvgIpc) is 3.17. The Labute approximate surface area is 144 Å². The van der Waals surface area contributed by atoms with Gasteiger partial charge < -0.3 is 10.3 Å². The molecule has 0 aliphatic carbocycles. The number of carbonyl (C=O) groups excluding carboxylic acids is 1. The summed E-state index contributed by atoms with van der Waals surface area (Å²) in [5.41, 5.74) is 4.83. The van der Waals surface area contributed by atoms with Gasteiger partial charge >= 0.3 is 0 Å². The molecular formula is C19H17N5O. The summed E-state index contributed by atoms with van der Waals surface area (Å²) in [4.78, 5) is 20.1. The molecule has 0 aliphatic rings. The summed E-state index contributed by atoms with van der Waals surface area (Å²) < 4.78 is 1.63. The number of nitrogens with zero attached hydrogens (tertiary/aromatic N) is 3. The van der Waals surface area contributed by atoms with Crippen molar-refractivity contribution in [2.45, 2.75) is 6.92 Å². The van der Waals surface area contributed by atoms with E-state index in [2.05, 4.69) is 26.4 Å². The lowest BCUT2D eigenvalue weighted by Crippen LogP contribution is -2.12. The van der Waals surface area contributed by atoms with Crippen molar-refractivity contribution < 1.29 is 4.79 Å². The number of anilines is 1. The number of amides is 1. The van der Waals surface area contributed by atoms with Crippen LogP contribution in [0.3, 0.4) is 0 Å². The predicted octanol–water partition coefficient (Wildman–Crippen LogP) is 3.52. The maximum atomic E-state index is 12.8. The molecular weight excluding hydrogens is 314 g/mol. The van der Waals surface area contributed by atoms with Crippen molar-refractivity contribution in [3.8, 4) is 11.3 Å².